The number of aromatic nitrogens is 2. The summed E-state index contributed by atoms with van der Waals surface area (Å²) in [6.45, 7) is 2.94. The third kappa shape index (κ3) is 5.62. The van der Waals surface area contributed by atoms with Gasteiger partial charge in [0.1, 0.15) is 5.82 Å². The van der Waals surface area contributed by atoms with E-state index in [4.69, 9.17) is 0 Å². The van der Waals surface area contributed by atoms with Gasteiger partial charge in [0.15, 0.2) is 0 Å². The summed E-state index contributed by atoms with van der Waals surface area (Å²) < 4.78 is 0. The molecule has 0 saturated carbocycles. The predicted octanol–water partition coefficient (Wildman–Crippen LogP) is 2.73. The number of hydrogen-bond acceptors (Lipinski definition) is 4. The molecule has 0 aromatic carbocycles. The van der Waals surface area contributed by atoms with Gasteiger partial charge in [-0.25, -0.2) is 0 Å². The van der Waals surface area contributed by atoms with Gasteiger partial charge in [0.05, 0.1) is 5.69 Å². The van der Waals surface area contributed by atoms with Gasteiger partial charge in [-0.3, -0.25) is 0 Å². The fourth-order valence-electron chi connectivity index (χ4n) is 1.26. The van der Waals surface area contributed by atoms with Crippen molar-refractivity contribution in [1.29, 1.82) is 0 Å². The lowest BCUT2D eigenvalue weighted by atomic mass is 10.2. The van der Waals surface area contributed by atoms with Crippen molar-refractivity contribution in [3.8, 4) is 0 Å². The van der Waals surface area contributed by atoms with Crippen LogP contribution in [-0.2, 0) is 0 Å². The molecule has 0 aliphatic carbocycles. The summed E-state index contributed by atoms with van der Waals surface area (Å²) in [5, 5.41) is 11.3. The summed E-state index contributed by atoms with van der Waals surface area (Å²) in [5.74, 6) is 2.15. The molecule has 4 heteroatoms. The lowest BCUT2D eigenvalue weighted by Gasteiger charge is -2.04. The molecule has 0 amide bonds. The van der Waals surface area contributed by atoms with Gasteiger partial charge >= 0.3 is 0 Å². The molecule has 0 unspecified atom stereocenters. The minimum Gasteiger partial charge on any atom is -0.369 e. The van der Waals surface area contributed by atoms with Crippen LogP contribution >= 0.6 is 11.8 Å². The number of nitrogens with one attached hydrogen (secondary N) is 1. The van der Waals surface area contributed by atoms with Crippen molar-refractivity contribution in [2.24, 2.45) is 0 Å². The SMILES string of the molecule is CSCCCCCNc1ccc(C)nn1. The molecule has 0 atom stereocenters. The molecule has 1 N–H and O–H groups in total. The maximum absolute atomic E-state index is 4.05. The van der Waals surface area contributed by atoms with Crippen LogP contribution in [0.4, 0.5) is 5.82 Å². The van der Waals surface area contributed by atoms with Crippen LogP contribution in [0.1, 0.15) is 25.0 Å². The highest BCUT2D eigenvalue weighted by Gasteiger charge is 1.93. The normalized spacial score (nSPS) is 10.3. The molecule has 0 aliphatic heterocycles. The van der Waals surface area contributed by atoms with Crippen molar-refractivity contribution in [3.63, 3.8) is 0 Å². The summed E-state index contributed by atoms with van der Waals surface area (Å²) in [4.78, 5) is 0. The molecule has 0 spiro atoms. The van der Waals surface area contributed by atoms with Crippen LogP contribution in [0.25, 0.3) is 0 Å². The van der Waals surface area contributed by atoms with Crippen LogP contribution in [0.3, 0.4) is 0 Å². The first kappa shape index (κ1) is 12.3. The smallest absolute Gasteiger partial charge is 0.148 e. The zero-order chi connectivity index (χ0) is 10.9. The van der Waals surface area contributed by atoms with Crippen LogP contribution in [0.5, 0.6) is 0 Å². The van der Waals surface area contributed by atoms with E-state index in [0.29, 0.717) is 0 Å². The van der Waals surface area contributed by atoms with Crippen molar-refractivity contribution < 1.29 is 0 Å². The van der Waals surface area contributed by atoms with E-state index in [2.05, 4.69) is 21.8 Å². The van der Waals surface area contributed by atoms with E-state index in [9.17, 15) is 0 Å². The van der Waals surface area contributed by atoms with Crippen LogP contribution in [0.2, 0.25) is 0 Å². The zero-order valence-corrected chi connectivity index (χ0v) is 10.3. The summed E-state index contributed by atoms with van der Waals surface area (Å²) in [6, 6.07) is 3.95. The van der Waals surface area contributed by atoms with E-state index in [0.717, 1.165) is 18.1 Å². The van der Waals surface area contributed by atoms with Crippen LogP contribution in [0, 0.1) is 6.92 Å². The molecule has 1 rings (SSSR count). The summed E-state index contributed by atoms with van der Waals surface area (Å²) in [5.41, 5.74) is 0.959. The number of rotatable bonds is 7. The molecule has 1 aromatic rings. The summed E-state index contributed by atoms with van der Waals surface area (Å²) in [6.07, 6.45) is 5.95. The zero-order valence-electron chi connectivity index (χ0n) is 9.49. The first-order chi connectivity index (χ1) is 7.33. The Morgan fingerprint density at radius 2 is 2.07 bits per heavy atom. The van der Waals surface area contributed by atoms with Gasteiger partial charge in [-0.05, 0) is 43.9 Å². The maximum atomic E-state index is 4.05. The van der Waals surface area contributed by atoms with Crippen LogP contribution < -0.4 is 5.32 Å². The molecule has 84 valence electrons. The van der Waals surface area contributed by atoms with Gasteiger partial charge in [0.2, 0.25) is 0 Å². The molecular formula is C11H19N3S. The Kier molecular flexibility index (Phi) is 6.16. The fraction of sp³-hybridized carbons (Fsp3) is 0.636. The van der Waals surface area contributed by atoms with Gasteiger partial charge in [-0.2, -0.15) is 16.9 Å². The highest BCUT2D eigenvalue weighted by Crippen LogP contribution is 2.04. The lowest BCUT2D eigenvalue weighted by molar-refractivity contribution is 0.746. The highest BCUT2D eigenvalue weighted by molar-refractivity contribution is 7.98. The Hall–Kier alpha value is -0.770. The summed E-state index contributed by atoms with van der Waals surface area (Å²) >= 11 is 1.91. The maximum Gasteiger partial charge on any atom is 0.148 e. The molecule has 0 saturated heterocycles. The fourth-order valence-corrected chi connectivity index (χ4v) is 1.75. The quantitative estimate of drug-likeness (QED) is 0.724. The van der Waals surface area contributed by atoms with Crippen LogP contribution in [0.15, 0.2) is 12.1 Å². The molecule has 0 bridgehead atoms. The van der Waals surface area contributed by atoms with Crippen molar-refractivity contribution in [2.75, 3.05) is 23.9 Å². The van der Waals surface area contributed by atoms with Crippen LogP contribution in [-0.4, -0.2) is 28.8 Å². The second-order valence-electron chi connectivity index (χ2n) is 3.54. The molecule has 1 heterocycles. The Morgan fingerprint density at radius 3 is 2.73 bits per heavy atom. The van der Waals surface area contributed by atoms with Crippen molar-refractivity contribution in [2.45, 2.75) is 26.2 Å². The van der Waals surface area contributed by atoms with Crippen molar-refractivity contribution >= 4 is 17.6 Å². The standard InChI is InChI=1S/C11H19N3S/c1-10-6-7-11(14-13-10)12-8-4-3-5-9-15-2/h6-7H,3-5,8-9H2,1-2H3,(H,12,14). The third-order valence-electron chi connectivity index (χ3n) is 2.13. The van der Waals surface area contributed by atoms with E-state index < -0.39 is 0 Å². The highest BCUT2D eigenvalue weighted by atomic mass is 32.2. The largest absolute Gasteiger partial charge is 0.369 e. The first-order valence-corrected chi connectivity index (χ1v) is 6.75. The minimum absolute atomic E-state index is 0.880. The van der Waals surface area contributed by atoms with Gasteiger partial charge in [-0.1, -0.05) is 6.42 Å². The Labute approximate surface area is 96.1 Å². The molecule has 0 radical (unpaired) electrons. The van der Waals surface area contributed by atoms with E-state index in [1.807, 2.05) is 30.8 Å². The second-order valence-corrected chi connectivity index (χ2v) is 4.53. The minimum atomic E-state index is 0.880. The van der Waals surface area contributed by atoms with E-state index in [1.54, 1.807) is 0 Å². The van der Waals surface area contributed by atoms with Crippen molar-refractivity contribution in [1.82, 2.24) is 10.2 Å². The van der Waals surface area contributed by atoms with E-state index in [1.165, 1.54) is 25.0 Å². The van der Waals surface area contributed by atoms with E-state index >= 15 is 0 Å². The number of anilines is 1. The number of hydrogen-bond donors (Lipinski definition) is 1. The molecule has 3 nitrogen and oxygen atoms in total. The number of thioether (sulfide) groups is 1. The first-order valence-electron chi connectivity index (χ1n) is 5.36. The van der Waals surface area contributed by atoms with E-state index in [-0.39, 0.29) is 0 Å². The lowest BCUT2D eigenvalue weighted by Crippen LogP contribution is -2.04. The second kappa shape index (κ2) is 7.51. The van der Waals surface area contributed by atoms with Crippen molar-refractivity contribution in [3.05, 3.63) is 17.8 Å². The number of nitrogens with zero attached hydrogens (tertiary/aromatic N) is 2. The molecule has 0 aliphatic rings. The topological polar surface area (TPSA) is 37.8 Å². The van der Waals surface area contributed by atoms with Gasteiger partial charge in [0, 0.05) is 6.54 Å². The van der Waals surface area contributed by atoms with Gasteiger partial charge in [0.25, 0.3) is 0 Å². The Balaban J connectivity index is 2.07. The van der Waals surface area contributed by atoms with Gasteiger partial charge in [-0.15, -0.1) is 5.10 Å². The van der Waals surface area contributed by atoms with Gasteiger partial charge < -0.3 is 5.32 Å². The molecule has 15 heavy (non-hydrogen) atoms. The number of aryl methyl sites for hydroxylation is 1. The Bertz CT molecular complexity index is 261. The molecule has 0 fully saturated rings. The predicted molar refractivity (Wildman–Crippen MR) is 67.5 cm³/mol. The molecular weight excluding hydrogens is 206 g/mol. The summed E-state index contributed by atoms with van der Waals surface area (Å²) in [7, 11) is 0. The third-order valence-corrected chi connectivity index (χ3v) is 2.83. The average molecular weight is 225 g/mol. The monoisotopic (exact) mass is 225 g/mol. The Morgan fingerprint density at radius 1 is 1.20 bits per heavy atom. The average Bonchev–Trinajstić information content (AvgIpc) is 2.26. The molecule has 1 aromatic heterocycles. The number of unbranched alkanes of at least 4 members (excludes halogenated alkanes) is 2.